The van der Waals surface area contributed by atoms with E-state index in [1.54, 1.807) is 24.7 Å². The van der Waals surface area contributed by atoms with Crippen LogP contribution < -0.4 is 22.2 Å². The van der Waals surface area contributed by atoms with E-state index in [9.17, 15) is 19.2 Å². The Balaban J connectivity index is 0.000000140. The minimum Gasteiger partial charge on any atom is -0.296 e. The molecular formula is C73H67Br2Cl2N11O4. The molecule has 92 heavy (non-hydrogen) atoms. The summed E-state index contributed by atoms with van der Waals surface area (Å²) in [6.45, 7) is 11.9. The molecule has 4 aliphatic heterocycles. The van der Waals surface area contributed by atoms with Crippen molar-refractivity contribution >= 4 is 100 Å². The lowest BCUT2D eigenvalue weighted by molar-refractivity contribution is 0.381. The summed E-state index contributed by atoms with van der Waals surface area (Å²) in [6, 6.07) is 39.3. The molecule has 466 valence electrons. The number of rotatable bonds is 0. The Morgan fingerprint density at radius 2 is 0.772 bits per heavy atom. The fourth-order valence-corrected chi connectivity index (χ4v) is 12.1. The van der Waals surface area contributed by atoms with Crippen LogP contribution in [0.5, 0.6) is 0 Å². The number of pyridine rings is 3. The van der Waals surface area contributed by atoms with Crippen molar-refractivity contribution in [3.8, 4) is 36.0 Å². The van der Waals surface area contributed by atoms with Crippen molar-refractivity contribution in [3.05, 3.63) is 248 Å². The lowest BCUT2D eigenvalue weighted by atomic mass is 9.99. The van der Waals surface area contributed by atoms with Gasteiger partial charge < -0.3 is 0 Å². The number of fused-ring (bicyclic) bond motifs is 8. The first-order valence-corrected chi connectivity index (χ1v) is 31.9. The molecule has 0 saturated carbocycles. The standard InChI is InChI=1S/2C20H17N3O.2C13H13BrN2O.C7H5N.2ClH/c1-14-5-10-19-22-18-12-15(6-8-16-4-2-3-11-21-16)7-9-17(18)20(24)23(19)13-14;1-14-9-11-23-19(12-14)22-18-13-15(6-8-17(18)20(23)24)5-7-16-4-2-3-10-21-16;1-8-2-5-12-15-11-6-9(14)3-4-10(11)13(17)16(12)7-8;1-8-4-5-16-12(6-8)15-11-7-9(14)2-3-10(11)13(16)17;1-2-7-5-3-4-6-8-7;;/h2-4,7,9,11-12,14H,5,10,13H2,1H3;2-4,6,8,10,13-14H,9,11-12H2,1H3;3-4,6,8H,2,5,7H2,1H3;2-3,7-8H,4-6H2,1H3;1,3-6H;2*1H. The number of hydrogen-bond acceptors (Lipinski definition) is 11. The van der Waals surface area contributed by atoms with Gasteiger partial charge in [-0.05, 0) is 170 Å². The van der Waals surface area contributed by atoms with Gasteiger partial charge >= 0.3 is 0 Å². The fourth-order valence-electron chi connectivity index (χ4n) is 11.4. The van der Waals surface area contributed by atoms with Gasteiger partial charge in [-0.25, -0.2) is 34.9 Å². The number of terminal acetylenes is 1. The van der Waals surface area contributed by atoms with Crippen molar-refractivity contribution in [2.24, 2.45) is 23.7 Å². The topological polar surface area (TPSA) is 178 Å². The van der Waals surface area contributed by atoms with E-state index >= 15 is 0 Å². The van der Waals surface area contributed by atoms with Crippen LogP contribution in [0.3, 0.4) is 0 Å². The predicted octanol–water partition coefficient (Wildman–Crippen LogP) is 12.9. The van der Waals surface area contributed by atoms with Gasteiger partial charge in [-0.2, -0.15) is 0 Å². The monoisotopic (exact) mass is 1390 g/mol. The molecule has 11 heterocycles. The van der Waals surface area contributed by atoms with Crippen molar-refractivity contribution in [1.82, 2.24) is 53.2 Å². The van der Waals surface area contributed by atoms with E-state index in [0.717, 1.165) is 154 Å². The molecule has 0 bridgehead atoms. The molecule has 19 heteroatoms. The first-order chi connectivity index (χ1) is 43.6. The van der Waals surface area contributed by atoms with Crippen LogP contribution in [0.25, 0.3) is 43.6 Å². The van der Waals surface area contributed by atoms with Crippen LogP contribution >= 0.6 is 56.7 Å². The van der Waals surface area contributed by atoms with Crippen molar-refractivity contribution in [3.63, 3.8) is 0 Å². The van der Waals surface area contributed by atoms with E-state index in [2.05, 4.69) is 114 Å². The Morgan fingerprint density at radius 3 is 1.14 bits per heavy atom. The summed E-state index contributed by atoms with van der Waals surface area (Å²) < 4.78 is 9.24. The van der Waals surface area contributed by atoms with Gasteiger partial charge in [0.25, 0.3) is 22.2 Å². The third-order valence-corrected chi connectivity index (χ3v) is 17.3. The number of hydrogen-bond donors (Lipinski definition) is 0. The highest BCUT2D eigenvalue weighted by Gasteiger charge is 2.23. The molecule has 0 spiro atoms. The number of nitrogens with zero attached hydrogens (tertiary/aromatic N) is 11. The Hall–Kier alpha value is -8.89. The second-order valence-electron chi connectivity index (χ2n) is 23.4. The number of benzene rings is 4. The van der Waals surface area contributed by atoms with E-state index in [1.807, 2.05) is 140 Å². The molecule has 0 N–H and O–H groups in total. The molecule has 0 amide bonds. The van der Waals surface area contributed by atoms with Gasteiger partial charge in [0, 0.05) is 90.5 Å². The Kier molecular flexibility index (Phi) is 22.7. The quantitative estimate of drug-likeness (QED) is 0.132. The second kappa shape index (κ2) is 31.0. The lowest BCUT2D eigenvalue weighted by Crippen LogP contribution is -2.31. The molecule has 0 fully saturated rings. The van der Waals surface area contributed by atoms with Gasteiger partial charge in [0.2, 0.25) is 0 Å². The maximum Gasteiger partial charge on any atom is 0.261 e. The van der Waals surface area contributed by atoms with Gasteiger partial charge in [0.05, 0.1) is 43.6 Å². The third-order valence-electron chi connectivity index (χ3n) is 16.3. The van der Waals surface area contributed by atoms with Gasteiger partial charge in [-0.3, -0.25) is 37.4 Å². The zero-order chi connectivity index (χ0) is 62.8. The molecule has 4 aliphatic rings. The fraction of sp³-hybridized carbons (Fsp3) is 0.274. The number of halogens is 4. The Labute approximate surface area is 562 Å². The Bertz CT molecular complexity index is 4940. The van der Waals surface area contributed by atoms with E-state index in [1.165, 1.54) is 0 Å². The van der Waals surface area contributed by atoms with Crippen LogP contribution in [0.15, 0.2) is 174 Å². The third kappa shape index (κ3) is 16.2. The van der Waals surface area contributed by atoms with E-state index < -0.39 is 0 Å². The summed E-state index contributed by atoms with van der Waals surface area (Å²) in [4.78, 5) is 80.9. The maximum atomic E-state index is 12.7. The van der Waals surface area contributed by atoms with Crippen LogP contribution in [-0.2, 0) is 51.9 Å². The molecule has 4 aromatic carbocycles. The second-order valence-corrected chi connectivity index (χ2v) is 25.2. The number of aryl methyl sites for hydroxylation is 2. The normalized spacial score (nSPS) is 16.3. The highest BCUT2D eigenvalue weighted by atomic mass is 79.9. The highest BCUT2D eigenvalue weighted by Crippen LogP contribution is 2.25. The smallest absolute Gasteiger partial charge is 0.261 e. The van der Waals surface area contributed by atoms with E-state index in [-0.39, 0.29) is 47.1 Å². The van der Waals surface area contributed by atoms with E-state index in [0.29, 0.717) is 50.9 Å². The van der Waals surface area contributed by atoms with Crippen LogP contribution in [0.2, 0.25) is 0 Å². The van der Waals surface area contributed by atoms with Crippen molar-refractivity contribution < 1.29 is 0 Å². The molecule has 11 aromatic rings. The van der Waals surface area contributed by atoms with Crippen molar-refractivity contribution in [2.45, 2.75) is 105 Å². The van der Waals surface area contributed by atoms with Crippen molar-refractivity contribution in [2.75, 3.05) is 0 Å². The van der Waals surface area contributed by atoms with Crippen LogP contribution in [0.1, 0.15) is 105 Å². The summed E-state index contributed by atoms with van der Waals surface area (Å²) in [5, 5.41) is 2.76. The summed E-state index contributed by atoms with van der Waals surface area (Å²) in [6.07, 6.45) is 18.0. The largest absolute Gasteiger partial charge is 0.296 e. The molecule has 7 aromatic heterocycles. The molecule has 4 atom stereocenters. The SMILES string of the molecule is C#Cc1ccccn1.CC1CCc2nc3cc(Br)ccc3c(=O)n2C1.CC1CCc2nc3cc(C#Cc4ccccn4)ccc3c(=O)n2C1.CC1CCn2c(nc3cc(Br)ccc3c2=O)C1.CC1CCn2c(nc3cc(C#Cc4ccccn4)ccc3c2=O)C1.Cl.Cl. The van der Waals surface area contributed by atoms with Gasteiger partial charge in [-0.1, -0.05) is 95.5 Å². The Morgan fingerprint density at radius 1 is 0.413 bits per heavy atom. The average Bonchev–Trinajstić information content (AvgIpc) is 0.827. The molecular weight excluding hydrogens is 1330 g/mol. The predicted molar refractivity (Wildman–Crippen MR) is 376 cm³/mol. The molecule has 0 radical (unpaired) electrons. The van der Waals surface area contributed by atoms with Crippen LogP contribution in [0.4, 0.5) is 0 Å². The molecule has 0 saturated heterocycles. The molecule has 15 rings (SSSR count). The maximum absolute atomic E-state index is 12.7. The van der Waals surface area contributed by atoms with Gasteiger partial charge in [-0.15, -0.1) is 31.2 Å². The summed E-state index contributed by atoms with van der Waals surface area (Å²) in [5.41, 5.74) is 7.20. The van der Waals surface area contributed by atoms with Gasteiger partial charge in [0.15, 0.2) is 0 Å². The van der Waals surface area contributed by atoms with Gasteiger partial charge in [0.1, 0.15) is 40.4 Å². The summed E-state index contributed by atoms with van der Waals surface area (Å²) in [5.74, 6) is 20.6. The summed E-state index contributed by atoms with van der Waals surface area (Å²) in [7, 11) is 0. The minimum atomic E-state index is 0. The molecule has 15 nitrogen and oxygen atoms in total. The molecule has 0 aliphatic carbocycles. The highest BCUT2D eigenvalue weighted by molar-refractivity contribution is 9.10. The zero-order valence-corrected chi connectivity index (χ0v) is 56.2. The molecule has 4 unspecified atom stereocenters. The van der Waals surface area contributed by atoms with E-state index in [4.69, 9.17) is 16.4 Å². The summed E-state index contributed by atoms with van der Waals surface area (Å²) >= 11 is 6.83. The average molecular weight is 1390 g/mol. The number of aromatic nitrogens is 11. The minimum absolute atomic E-state index is 0. The first-order valence-electron chi connectivity index (χ1n) is 30.3. The van der Waals surface area contributed by atoms with Crippen LogP contribution in [0, 0.1) is 59.7 Å². The zero-order valence-electron chi connectivity index (χ0n) is 51.4. The van der Waals surface area contributed by atoms with Crippen LogP contribution in [-0.4, -0.2) is 53.2 Å². The lowest BCUT2D eigenvalue weighted by Gasteiger charge is -2.22. The van der Waals surface area contributed by atoms with Crippen molar-refractivity contribution in [1.29, 1.82) is 0 Å². The first kappa shape index (κ1) is 67.5.